The molecule has 0 aliphatic heterocycles. The SMILES string of the molecule is COc1ccccc1CCn1cncc1C(C)N. The number of hydrogen-bond acceptors (Lipinski definition) is 3. The first-order valence-electron chi connectivity index (χ1n) is 6.10. The summed E-state index contributed by atoms with van der Waals surface area (Å²) in [4.78, 5) is 4.15. The first-order chi connectivity index (χ1) is 8.72. The zero-order chi connectivity index (χ0) is 13.0. The fourth-order valence-electron chi connectivity index (χ4n) is 2.05. The van der Waals surface area contributed by atoms with Crippen LogP contribution in [0.1, 0.15) is 24.2 Å². The molecule has 18 heavy (non-hydrogen) atoms. The van der Waals surface area contributed by atoms with Gasteiger partial charge < -0.3 is 15.0 Å². The number of aryl methyl sites for hydroxylation is 2. The van der Waals surface area contributed by atoms with Crippen molar-refractivity contribution in [3.05, 3.63) is 48.0 Å². The standard InChI is InChI=1S/C14H19N3O/c1-11(15)13-9-16-10-17(13)8-7-12-5-3-4-6-14(12)18-2/h3-6,9-11H,7-8,15H2,1-2H3. The van der Waals surface area contributed by atoms with Crippen LogP contribution in [-0.4, -0.2) is 16.7 Å². The molecule has 1 unspecified atom stereocenters. The molecule has 0 spiro atoms. The van der Waals surface area contributed by atoms with E-state index in [1.165, 1.54) is 5.56 Å². The van der Waals surface area contributed by atoms with E-state index in [9.17, 15) is 0 Å². The maximum atomic E-state index is 5.90. The third kappa shape index (κ3) is 2.71. The number of para-hydroxylation sites is 1. The molecular weight excluding hydrogens is 226 g/mol. The molecule has 1 heterocycles. The number of methoxy groups -OCH3 is 1. The highest BCUT2D eigenvalue weighted by atomic mass is 16.5. The highest BCUT2D eigenvalue weighted by molar-refractivity contribution is 5.33. The molecule has 4 nitrogen and oxygen atoms in total. The van der Waals surface area contributed by atoms with E-state index in [1.807, 2.05) is 37.6 Å². The third-order valence-electron chi connectivity index (χ3n) is 3.03. The number of ether oxygens (including phenoxy) is 1. The summed E-state index contributed by atoms with van der Waals surface area (Å²) in [6, 6.07) is 8.08. The summed E-state index contributed by atoms with van der Waals surface area (Å²) in [6.07, 6.45) is 4.56. The minimum absolute atomic E-state index is 0.00479. The predicted molar refractivity (Wildman–Crippen MR) is 71.5 cm³/mol. The molecule has 0 radical (unpaired) electrons. The number of aromatic nitrogens is 2. The van der Waals surface area contributed by atoms with Crippen LogP contribution >= 0.6 is 0 Å². The molecule has 0 amide bonds. The zero-order valence-corrected chi connectivity index (χ0v) is 10.8. The Morgan fingerprint density at radius 1 is 1.39 bits per heavy atom. The van der Waals surface area contributed by atoms with Crippen LogP contribution in [0.15, 0.2) is 36.8 Å². The van der Waals surface area contributed by atoms with E-state index in [2.05, 4.69) is 15.6 Å². The van der Waals surface area contributed by atoms with Crippen molar-refractivity contribution in [2.45, 2.75) is 25.9 Å². The quantitative estimate of drug-likeness (QED) is 0.878. The second-order valence-corrected chi connectivity index (χ2v) is 4.36. The summed E-state index contributed by atoms with van der Waals surface area (Å²) in [5, 5.41) is 0. The Hall–Kier alpha value is -1.81. The van der Waals surface area contributed by atoms with Gasteiger partial charge in [0.15, 0.2) is 0 Å². The van der Waals surface area contributed by atoms with Gasteiger partial charge in [0.25, 0.3) is 0 Å². The van der Waals surface area contributed by atoms with Gasteiger partial charge in [-0.05, 0) is 25.0 Å². The summed E-state index contributed by atoms with van der Waals surface area (Å²) < 4.78 is 7.44. The van der Waals surface area contributed by atoms with Crippen molar-refractivity contribution in [1.82, 2.24) is 9.55 Å². The highest BCUT2D eigenvalue weighted by Gasteiger charge is 2.07. The first-order valence-corrected chi connectivity index (χ1v) is 6.10. The van der Waals surface area contributed by atoms with E-state index in [1.54, 1.807) is 7.11 Å². The van der Waals surface area contributed by atoms with Gasteiger partial charge in [0.05, 0.1) is 19.1 Å². The van der Waals surface area contributed by atoms with Gasteiger partial charge in [0.2, 0.25) is 0 Å². The van der Waals surface area contributed by atoms with Crippen LogP contribution in [0.2, 0.25) is 0 Å². The molecule has 0 saturated heterocycles. The van der Waals surface area contributed by atoms with E-state index < -0.39 is 0 Å². The van der Waals surface area contributed by atoms with Gasteiger partial charge in [-0.15, -0.1) is 0 Å². The number of nitrogens with zero attached hydrogens (tertiary/aromatic N) is 2. The second-order valence-electron chi connectivity index (χ2n) is 4.36. The van der Waals surface area contributed by atoms with Crippen molar-refractivity contribution in [3.8, 4) is 5.75 Å². The second kappa shape index (κ2) is 5.69. The Balaban J connectivity index is 2.09. The largest absolute Gasteiger partial charge is 0.496 e. The van der Waals surface area contributed by atoms with Gasteiger partial charge in [-0.2, -0.15) is 0 Å². The van der Waals surface area contributed by atoms with Crippen LogP contribution in [0.5, 0.6) is 5.75 Å². The van der Waals surface area contributed by atoms with E-state index >= 15 is 0 Å². The van der Waals surface area contributed by atoms with E-state index in [0.29, 0.717) is 0 Å². The summed E-state index contributed by atoms with van der Waals surface area (Å²) in [5.41, 5.74) is 8.16. The lowest BCUT2D eigenvalue weighted by molar-refractivity contribution is 0.408. The molecule has 2 aromatic rings. The Bertz CT molecular complexity index is 505. The predicted octanol–water partition coefficient (Wildman–Crippen LogP) is 2.15. The summed E-state index contributed by atoms with van der Waals surface area (Å²) in [7, 11) is 1.70. The molecule has 1 atom stereocenters. The molecule has 0 fully saturated rings. The zero-order valence-electron chi connectivity index (χ0n) is 10.8. The van der Waals surface area contributed by atoms with Crippen molar-refractivity contribution in [2.24, 2.45) is 5.73 Å². The van der Waals surface area contributed by atoms with Crippen molar-refractivity contribution in [1.29, 1.82) is 0 Å². The maximum absolute atomic E-state index is 5.90. The van der Waals surface area contributed by atoms with Crippen molar-refractivity contribution < 1.29 is 4.74 Å². The van der Waals surface area contributed by atoms with Crippen molar-refractivity contribution in [2.75, 3.05) is 7.11 Å². The molecule has 1 aromatic heterocycles. The molecule has 0 aliphatic rings. The van der Waals surface area contributed by atoms with Gasteiger partial charge in [-0.3, -0.25) is 0 Å². The molecule has 0 saturated carbocycles. The van der Waals surface area contributed by atoms with Crippen LogP contribution in [0.25, 0.3) is 0 Å². The average Bonchev–Trinajstić information content (AvgIpc) is 2.85. The summed E-state index contributed by atoms with van der Waals surface area (Å²) in [6.45, 7) is 2.83. The van der Waals surface area contributed by atoms with Crippen LogP contribution in [0, 0.1) is 0 Å². The summed E-state index contributed by atoms with van der Waals surface area (Å²) >= 11 is 0. The fraction of sp³-hybridized carbons (Fsp3) is 0.357. The number of imidazole rings is 1. The number of rotatable bonds is 5. The van der Waals surface area contributed by atoms with Crippen LogP contribution in [-0.2, 0) is 13.0 Å². The van der Waals surface area contributed by atoms with Crippen LogP contribution < -0.4 is 10.5 Å². The highest BCUT2D eigenvalue weighted by Crippen LogP contribution is 2.19. The Morgan fingerprint density at radius 3 is 2.89 bits per heavy atom. The first kappa shape index (κ1) is 12.6. The van der Waals surface area contributed by atoms with E-state index in [-0.39, 0.29) is 6.04 Å². The number of benzene rings is 1. The minimum atomic E-state index is 0.00479. The van der Waals surface area contributed by atoms with Crippen molar-refractivity contribution in [3.63, 3.8) is 0 Å². The van der Waals surface area contributed by atoms with Gasteiger partial charge in [0.1, 0.15) is 5.75 Å². The molecule has 2 N–H and O–H groups in total. The molecule has 4 heteroatoms. The Kier molecular flexibility index (Phi) is 3.99. The maximum Gasteiger partial charge on any atom is 0.122 e. The van der Waals surface area contributed by atoms with Gasteiger partial charge >= 0.3 is 0 Å². The third-order valence-corrected chi connectivity index (χ3v) is 3.03. The monoisotopic (exact) mass is 245 g/mol. The van der Waals surface area contributed by atoms with E-state index in [4.69, 9.17) is 10.5 Å². The summed E-state index contributed by atoms with van der Waals surface area (Å²) in [5.74, 6) is 0.931. The van der Waals surface area contributed by atoms with Gasteiger partial charge in [0, 0.05) is 18.8 Å². The molecule has 0 aliphatic carbocycles. The van der Waals surface area contributed by atoms with Crippen molar-refractivity contribution >= 4 is 0 Å². The number of hydrogen-bond donors (Lipinski definition) is 1. The molecule has 96 valence electrons. The smallest absolute Gasteiger partial charge is 0.122 e. The normalized spacial score (nSPS) is 12.4. The number of nitrogens with two attached hydrogens (primary N) is 1. The Labute approximate surface area is 107 Å². The van der Waals surface area contributed by atoms with Gasteiger partial charge in [-0.1, -0.05) is 18.2 Å². The van der Waals surface area contributed by atoms with Crippen LogP contribution in [0.4, 0.5) is 0 Å². The lowest BCUT2D eigenvalue weighted by Gasteiger charge is -2.12. The van der Waals surface area contributed by atoms with E-state index in [0.717, 1.165) is 24.4 Å². The molecular formula is C14H19N3O. The fourth-order valence-corrected chi connectivity index (χ4v) is 2.05. The molecule has 0 bridgehead atoms. The Morgan fingerprint density at radius 2 is 2.17 bits per heavy atom. The molecule has 1 aromatic carbocycles. The molecule has 2 rings (SSSR count). The average molecular weight is 245 g/mol. The lowest BCUT2D eigenvalue weighted by Crippen LogP contribution is -2.13. The van der Waals surface area contributed by atoms with Crippen LogP contribution in [0.3, 0.4) is 0 Å². The minimum Gasteiger partial charge on any atom is -0.496 e. The topological polar surface area (TPSA) is 53.1 Å². The van der Waals surface area contributed by atoms with Gasteiger partial charge in [-0.25, -0.2) is 4.98 Å². The lowest BCUT2D eigenvalue weighted by atomic mass is 10.1.